The summed E-state index contributed by atoms with van der Waals surface area (Å²) in [6.07, 6.45) is 7.98. The van der Waals surface area contributed by atoms with E-state index in [9.17, 15) is 8.42 Å². The van der Waals surface area contributed by atoms with Crippen molar-refractivity contribution in [3.05, 3.63) is 54.4 Å². The second-order valence-electron chi connectivity index (χ2n) is 6.89. The number of aryl methyl sites for hydroxylation is 1. The Labute approximate surface area is 154 Å². The third-order valence-corrected chi connectivity index (χ3v) is 6.91. The highest BCUT2D eigenvalue weighted by Crippen LogP contribution is 2.26. The summed E-state index contributed by atoms with van der Waals surface area (Å²) in [5.74, 6) is 0. The summed E-state index contributed by atoms with van der Waals surface area (Å²) in [5, 5.41) is 0. The SMILES string of the molecule is Cc1cccn2cc(-c3cccc(S(=O)(=O)N4CCCCCC4)c3)nc12. The highest BCUT2D eigenvalue weighted by atomic mass is 32.2. The van der Waals surface area contributed by atoms with Crippen LogP contribution in [0.25, 0.3) is 16.9 Å². The molecule has 0 radical (unpaired) electrons. The molecule has 4 rings (SSSR count). The van der Waals surface area contributed by atoms with Crippen molar-refractivity contribution in [2.24, 2.45) is 0 Å². The normalized spacial score (nSPS) is 16.7. The van der Waals surface area contributed by atoms with Gasteiger partial charge in [-0.1, -0.05) is 31.0 Å². The van der Waals surface area contributed by atoms with Crippen molar-refractivity contribution in [1.29, 1.82) is 0 Å². The van der Waals surface area contributed by atoms with E-state index in [0.29, 0.717) is 18.0 Å². The lowest BCUT2D eigenvalue weighted by Crippen LogP contribution is -2.31. The van der Waals surface area contributed by atoms with E-state index in [1.165, 1.54) is 0 Å². The van der Waals surface area contributed by atoms with Crippen LogP contribution in [0, 0.1) is 6.92 Å². The summed E-state index contributed by atoms with van der Waals surface area (Å²) < 4.78 is 29.7. The van der Waals surface area contributed by atoms with E-state index in [1.807, 2.05) is 41.9 Å². The van der Waals surface area contributed by atoms with E-state index >= 15 is 0 Å². The largest absolute Gasteiger partial charge is 0.306 e. The van der Waals surface area contributed by atoms with Crippen molar-refractivity contribution >= 4 is 15.7 Å². The first-order chi connectivity index (χ1) is 12.6. The van der Waals surface area contributed by atoms with E-state index in [2.05, 4.69) is 4.98 Å². The number of sulfonamides is 1. The molecule has 6 heteroatoms. The quantitative estimate of drug-likeness (QED) is 0.704. The molecule has 0 bridgehead atoms. The molecule has 2 aromatic heterocycles. The van der Waals surface area contributed by atoms with Crippen molar-refractivity contribution < 1.29 is 8.42 Å². The molecule has 0 spiro atoms. The van der Waals surface area contributed by atoms with Crippen molar-refractivity contribution in [3.63, 3.8) is 0 Å². The van der Waals surface area contributed by atoms with Gasteiger partial charge in [0.2, 0.25) is 10.0 Å². The molecule has 0 aliphatic carbocycles. The van der Waals surface area contributed by atoms with Gasteiger partial charge in [0.1, 0.15) is 5.65 Å². The summed E-state index contributed by atoms with van der Waals surface area (Å²) in [4.78, 5) is 5.04. The van der Waals surface area contributed by atoms with Gasteiger partial charge in [-0.25, -0.2) is 13.4 Å². The molecule has 3 heterocycles. The van der Waals surface area contributed by atoms with Crippen molar-refractivity contribution in [3.8, 4) is 11.3 Å². The highest BCUT2D eigenvalue weighted by molar-refractivity contribution is 7.89. The Kier molecular flexibility index (Phi) is 4.54. The molecule has 0 saturated carbocycles. The zero-order chi connectivity index (χ0) is 18.1. The molecule has 1 saturated heterocycles. The number of fused-ring (bicyclic) bond motifs is 1. The lowest BCUT2D eigenvalue weighted by molar-refractivity contribution is 0.424. The molecule has 0 amide bonds. The molecule has 1 aromatic carbocycles. The van der Waals surface area contributed by atoms with Crippen LogP contribution >= 0.6 is 0 Å². The Morgan fingerprint density at radius 3 is 2.50 bits per heavy atom. The van der Waals surface area contributed by atoms with Crippen molar-refractivity contribution in [2.75, 3.05) is 13.1 Å². The van der Waals surface area contributed by atoms with Gasteiger partial charge >= 0.3 is 0 Å². The predicted octanol–water partition coefficient (Wildman–Crippen LogP) is 3.87. The Hall–Kier alpha value is -2.18. The summed E-state index contributed by atoms with van der Waals surface area (Å²) in [6, 6.07) is 11.2. The van der Waals surface area contributed by atoms with Gasteiger partial charge in [-0.15, -0.1) is 0 Å². The van der Waals surface area contributed by atoms with E-state index in [-0.39, 0.29) is 0 Å². The van der Waals surface area contributed by atoms with Gasteiger partial charge in [0.15, 0.2) is 0 Å². The summed E-state index contributed by atoms with van der Waals surface area (Å²) in [7, 11) is -3.46. The topological polar surface area (TPSA) is 54.7 Å². The van der Waals surface area contributed by atoms with Crippen LogP contribution in [0.3, 0.4) is 0 Å². The van der Waals surface area contributed by atoms with Gasteiger partial charge < -0.3 is 4.40 Å². The number of benzene rings is 1. The smallest absolute Gasteiger partial charge is 0.243 e. The zero-order valence-corrected chi connectivity index (χ0v) is 15.7. The summed E-state index contributed by atoms with van der Waals surface area (Å²) in [5.41, 5.74) is 3.59. The predicted molar refractivity (Wildman–Crippen MR) is 103 cm³/mol. The van der Waals surface area contributed by atoms with Gasteiger partial charge in [0.25, 0.3) is 0 Å². The van der Waals surface area contributed by atoms with E-state index in [0.717, 1.165) is 48.2 Å². The van der Waals surface area contributed by atoms with Gasteiger partial charge in [0.05, 0.1) is 10.6 Å². The molecule has 26 heavy (non-hydrogen) atoms. The fourth-order valence-corrected chi connectivity index (χ4v) is 5.10. The van der Waals surface area contributed by atoms with Gasteiger partial charge in [0, 0.05) is 31.0 Å². The van der Waals surface area contributed by atoms with Gasteiger partial charge in [-0.05, 0) is 43.5 Å². The molecule has 1 aliphatic heterocycles. The Morgan fingerprint density at radius 1 is 1.00 bits per heavy atom. The monoisotopic (exact) mass is 369 g/mol. The second-order valence-corrected chi connectivity index (χ2v) is 8.83. The molecule has 0 N–H and O–H groups in total. The van der Waals surface area contributed by atoms with Crippen LogP contribution in [0.1, 0.15) is 31.2 Å². The van der Waals surface area contributed by atoms with E-state index < -0.39 is 10.0 Å². The highest BCUT2D eigenvalue weighted by Gasteiger charge is 2.25. The first-order valence-corrected chi connectivity index (χ1v) is 10.5. The maximum absolute atomic E-state index is 13.1. The average molecular weight is 369 g/mol. The second kappa shape index (κ2) is 6.85. The molecule has 136 valence electrons. The molecule has 1 fully saturated rings. The number of hydrogen-bond donors (Lipinski definition) is 0. The number of pyridine rings is 1. The summed E-state index contributed by atoms with van der Waals surface area (Å²) in [6.45, 7) is 3.24. The molecule has 3 aromatic rings. The number of aromatic nitrogens is 2. The number of rotatable bonds is 3. The standard InChI is InChI=1S/C20H23N3O2S/c1-16-8-7-11-22-15-19(21-20(16)22)17-9-6-10-18(14-17)26(24,25)23-12-4-2-3-5-13-23/h6-11,14-15H,2-5,12-13H2,1H3. The molecule has 0 unspecified atom stereocenters. The average Bonchev–Trinajstić information content (AvgIpc) is 2.89. The van der Waals surface area contributed by atoms with Crippen LogP contribution in [-0.4, -0.2) is 35.2 Å². The Balaban J connectivity index is 1.72. The lowest BCUT2D eigenvalue weighted by Gasteiger charge is -2.20. The fourth-order valence-electron chi connectivity index (χ4n) is 3.54. The van der Waals surface area contributed by atoms with E-state index in [4.69, 9.17) is 0 Å². The van der Waals surface area contributed by atoms with Gasteiger partial charge in [-0.3, -0.25) is 0 Å². The minimum atomic E-state index is -3.46. The zero-order valence-electron chi connectivity index (χ0n) is 14.9. The number of nitrogens with zero attached hydrogens (tertiary/aromatic N) is 3. The molecule has 1 aliphatic rings. The first kappa shape index (κ1) is 17.2. The van der Waals surface area contributed by atoms with Crippen LogP contribution in [0.2, 0.25) is 0 Å². The van der Waals surface area contributed by atoms with Crippen LogP contribution in [0.5, 0.6) is 0 Å². The van der Waals surface area contributed by atoms with Crippen molar-refractivity contribution in [2.45, 2.75) is 37.5 Å². The molecular weight excluding hydrogens is 346 g/mol. The maximum Gasteiger partial charge on any atom is 0.243 e. The van der Waals surface area contributed by atoms with E-state index in [1.54, 1.807) is 22.5 Å². The molecule has 0 atom stereocenters. The number of hydrogen-bond acceptors (Lipinski definition) is 3. The van der Waals surface area contributed by atoms with Gasteiger partial charge in [-0.2, -0.15) is 4.31 Å². The minimum absolute atomic E-state index is 0.352. The maximum atomic E-state index is 13.1. The third kappa shape index (κ3) is 3.15. The Morgan fingerprint density at radius 2 is 1.77 bits per heavy atom. The van der Waals surface area contributed by atoms with Crippen molar-refractivity contribution in [1.82, 2.24) is 13.7 Å². The first-order valence-electron chi connectivity index (χ1n) is 9.11. The number of imidazole rings is 1. The van der Waals surface area contributed by atoms with Crippen LogP contribution in [0.4, 0.5) is 0 Å². The minimum Gasteiger partial charge on any atom is -0.306 e. The molecule has 5 nitrogen and oxygen atoms in total. The van der Waals surface area contributed by atoms with Crippen LogP contribution in [-0.2, 0) is 10.0 Å². The third-order valence-electron chi connectivity index (χ3n) is 5.01. The van der Waals surface area contributed by atoms with Crippen LogP contribution < -0.4 is 0 Å². The fraction of sp³-hybridized carbons (Fsp3) is 0.350. The van der Waals surface area contributed by atoms with Crippen LogP contribution in [0.15, 0.2) is 53.7 Å². The molecular formula is C20H23N3O2S. The lowest BCUT2D eigenvalue weighted by atomic mass is 10.2. The Bertz CT molecular complexity index is 1030. The summed E-state index contributed by atoms with van der Waals surface area (Å²) >= 11 is 0.